The van der Waals surface area contributed by atoms with E-state index in [9.17, 15) is 9.18 Å². The Morgan fingerprint density at radius 3 is 2.47 bits per heavy atom. The highest BCUT2D eigenvalue weighted by Crippen LogP contribution is 2.26. The summed E-state index contributed by atoms with van der Waals surface area (Å²) in [5, 5.41) is 0.518. The Bertz CT molecular complexity index is 644. The van der Waals surface area contributed by atoms with Crippen molar-refractivity contribution in [2.24, 2.45) is 0 Å². The van der Waals surface area contributed by atoms with Crippen molar-refractivity contribution >= 4 is 33.3 Å². The number of ketones is 1. The lowest BCUT2D eigenvalue weighted by Crippen LogP contribution is -2.08. The van der Waals surface area contributed by atoms with Gasteiger partial charge in [-0.05, 0) is 65.2 Å². The minimum absolute atomic E-state index is 0.105. The number of halogens is 3. The molecular weight excluding hydrogens is 331 g/mol. The average molecular weight is 342 g/mol. The maximum Gasteiger partial charge on any atom is 0.197 e. The van der Waals surface area contributed by atoms with Crippen molar-refractivity contribution in [1.82, 2.24) is 0 Å². The number of aryl methyl sites for hydroxylation is 2. The van der Waals surface area contributed by atoms with E-state index in [1.807, 2.05) is 0 Å². The van der Waals surface area contributed by atoms with Crippen LogP contribution in [0.25, 0.3) is 0 Å². The SMILES string of the molecule is Cc1cc(C)c(C(=O)c2ccc(Cl)cc2Br)c(F)c1. The first kappa shape index (κ1) is 14.2. The van der Waals surface area contributed by atoms with Crippen LogP contribution >= 0.6 is 27.5 Å². The molecule has 2 aromatic carbocycles. The summed E-state index contributed by atoms with van der Waals surface area (Å²) in [6.45, 7) is 3.52. The van der Waals surface area contributed by atoms with Crippen LogP contribution in [0, 0.1) is 19.7 Å². The van der Waals surface area contributed by atoms with E-state index in [-0.39, 0.29) is 11.3 Å². The molecule has 1 nitrogen and oxygen atoms in total. The lowest BCUT2D eigenvalue weighted by Gasteiger charge is -2.09. The second kappa shape index (κ2) is 5.43. The summed E-state index contributed by atoms with van der Waals surface area (Å²) in [7, 11) is 0. The van der Waals surface area contributed by atoms with E-state index in [2.05, 4.69) is 15.9 Å². The molecule has 0 saturated carbocycles. The summed E-state index contributed by atoms with van der Waals surface area (Å²) >= 11 is 9.12. The standard InChI is InChI=1S/C15H11BrClFO/c1-8-5-9(2)14(13(18)6-8)15(19)11-4-3-10(17)7-12(11)16/h3-7H,1-2H3. The molecular formula is C15H11BrClFO. The third-order valence-electron chi connectivity index (χ3n) is 2.83. The van der Waals surface area contributed by atoms with Gasteiger partial charge in [0.2, 0.25) is 0 Å². The molecule has 0 aliphatic carbocycles. The number of benzene rings is 2. The van der Waals surface area contributed by atoms with Gasteiger partial charge in [0, 0.05) is 15.1 Å². The molecule has 4 heteroatoms. The van der Waals surface area contributed by atoms with Crippen molar-refractivity contribution in [1.29, 1.82) is 0 Å². The molecule has 0 bridgehead atoms. The van der Waals surface area contributed by atoms with E-state index in [0.29, 0.717) is 20.6 Å². The molecule has 0 atom stereocenters. The quantitative estimate of drug-likeness (QED) is 0.695. The predicted molar refractivity (Wildman–Crippen MR) is 78.5 cm³/mol. The lowest BCUT2D eigenvalue weighted by atomic mass is 9.97. The molecule has 0 radical (unpaired) electrons. The van der Waals surface area contributed by atoms with Crippen molar-refractivity contribution in [3.8, 4) is 0 Å². The van der Waals surface area contributed by atoms with E-state index < -0.39 is 5.82 Å². The Labute approximate surface area is 124 Å². The summed E-state index contributed by atoms with van der Waals surface area (Å²) in [5.41, 5.74) is 1.93. The molecule has 0 saturated heterocycles. The molecule has 0 aliphatic rings. The number of hydrogen-bond donors (Lipinski definition) is 0. The average Bonchev–Trinajstić information content (AvgIpc) is 2.26. The number of hydrogen-bond acceptors (Lipinski definition) is 1. The molecule has 19 heavy (non-hydrogen) atoms. The molecule has 2 rings (SSSR count). The van der Waals surface area contributed by atoms with Crippen molar-refractivity contribution in [3.05, 3.63) is 67.9 Å². The number of carbonyl (C=O) groups excluding carboxylic acids is 1. The highest BCUT2D eigenvalue weighted by atomic mass is 79.9. The van der Waals surface area contributed by atoms with Crippen LogP contribution in [0.1, 0.15) is 27.0 Å². The van der Waals surface area contributed by atoms with E-state index >= 15 is 0 Å². The molecule has 0 fully saturated rings. The normalized spacial score (nSPS) is 10.6. The first-order valence-corrected chi connectivity index (χ1v) is 6.83. The first-order valence-electron chi connectivity index (χ1n) is 5.66. The van der Waals surface area contributed by atoms with Crippen LogP contribution in [0.2, 0.25) is 5.02 Å². The number of rotatable bonds is 2. The molecule has 0 spiro atoms. The topological polar surface area (TPSA) is 17.1 Å². The smallest absolute Gasteiger partial charge is 0.197 e. The zero-order valence-corrected chi connectivity index (χ0v) is 12.8. The van der Waals surface area contributed by atoms with Gasteiger partial charge >= 0.3 is 0 Å². The van der Waals surface area contributed by atoms with Gasteiger partial charge in [0.1, 0.15) is 5.82 Å². The van der Waals surface area contributed by atoms with Gasteiger partial charge in [-0.3, -0.25) is 4.79 Å². The van der Waals surface area contributed by atoms with Crippen molar-refractivity contribution in [2.75, 3.05) is 0 Å². The van der Waals surface area contributed by atoms with Crippen molar-refractivity contribution < 1.29 is 9.18 Å². The van der Waals surface area contributed by atoms with Gasteiger partial charge in [-0.1, -0.05) is 17.7 Å². The zero-order valence-electron chi connectivity index (χ0n) is 10.4. The minimum atomic E-state index is -0.496. The fraction of sp³-hybridized carbons (Fsp3) is 0.133. The highest BCUT2D eigenvalue weighted by molar-refractivity contribution is 9.10. The van der Waals surface area contributed by atoms with Gasteiger partial charge in [-0.2, -0.15) is 0 Å². The van der Waals surface area contributed by atoms with E-state index in [4.69, 9.17) is 11.6 Å². The van der Waals surface area contributed by atoms with Crippen LogP contribution in [0.4, 0.5) is 4.39 Å². The molecule has 98 valence electrons. The van der Waals surface area contributed by atoms with Crippen LogP contribution in [0.3, 0.4) is 0 Å². The maximum absolute atomic E-state index is 14.0. The minimum Gasteiger partial charge on any atom is -0.288 e. The Hall–Kier alpha value is -1.19. The second-order valence-corrected chi connectivity index (χ2v) is 5.68. The van der Waals surface area contributed by atoms with E-state index in [0.717, 1.165) is 5.56 Å². The fourth-order valence-electron chi connectivity index (χ4n) is 2.01. The van der Waals surface area contributed by atoms with Gasteiger partial charge in [0.25, 0.3) is 0 Å². The summed E-state index contributed by atoms with van der Waals surface area (Å²) < 4.78 is 14.6. The predicted octanol–water partition coefficient (Wildman–Crippen LogP) is 5.09. The van der Waals surface area contributed by atoms with Gasteiger partial charge in [0.05, 0.1) is 5.56 Å². The van der Waals surface area contributed by atoms with Crippen molar-refractivity contribution in [3.63, 3.8) is 0 Å². The molecule has 0 heterocycles. The molecule has 0 aromatic heterocycles. The van der Waals surface area contributed by atoms with E-state index in [1.165, 1.54) is 6.07 Å². The van der Waals surface area contributed by atoms with Gasteiger partial charge in [-0.25, -0.2) is 4.39 Å². The molecule has 2 aromatic rings. The monoisotopic (exact) mass is 340 g/mol. The maximum atomic E-state index is 14.0. The van der Waals surface area contributed by atoms with Crippen LogP contribution in [-0.4, -0.2) is 5.78 Å². The Balaban J connectivity index is 2.56. The Morgan fingerprint density at radius 2 is 1.89 bits per heavy atom. The second-order valence-electron chi connectivity index (χ2n) is 4.39. The molecule has 0 amide bonds. The molecule has 0 N–H and O–H groups in total. The zero-order chi connectivity index (χ0) is 14.2. The fourth-order valence-corrected chi connectivity index (χ4v) is 2.87. The Morgan fingerprint density at radius 1 is 1.21 bits per heavy atom. The van der Waals surface area contributed by atoms with Gasteiger partial charge in [-0.15, -0.1) is 0 Å². The lowest BCUT2D eigenvalue weighted by molar-refractivity contribution is 0.103. The Kier molecular flexibility index (Phi) is 4.07. The summed E-state index contributed by atoms with van der Waals surface area (Å²) in [6, 6.07) is 7.98. The molecule has 0 aliphatic heterocycles. The third-order valence-corrected chi connectivity index (χ3v) is 3.73. The van der Waals surface area contributed by atoms with Crippen LogP contribution in [0.15, 0.2) is 34.8 Å². The largest absolute Gasteiger partial charge is 0.288 e. The summed E-state index contributed by atoms with van der Waals surface area (Å²) in [6.07, 6.45) is 0. The third kappa shape index (κ3) is 2.88. The van der Waals surface area contributed by atoms with Crippen LogP contribution < -0.4 is 0 Å². The van der Waals surface area contributed by atoms with Crippen LogP contribution in [-0.2, 0) is 0 Å². The van der Waals surface area contributed by atoms with Crippen molar-refractivity contribution in [2.45, 2.75) is 13.8 Å². The summed E-state index contributed by atoms with van der Waals surface area (Å²) in [5.74, 6) is -0.845. The summed E-state index contributed by atoms with van der Waals surface area (Å²) in [4.78, 5) is 12.4. The van der Waals surface area contributed by atoms with Gasteiger partial charge < -0.3 is 0 Å². The number of carbonyl (C=O) groups is 1. The van der Waals surface area contributed by atoms with E-state index in [1.54, 1.807) is 38.1 Å². The van der Waals surface area contributed by atoms with Crippen LogP contribution in [0.5, 0.6) is 0 Å². The van der Waals surface area contributed by atoms with Gasteiger partial charge in [0.15, 0.2) is 5.78 Å². The first-order chi connectivity index (χ1) is 8.90. The highest BCUT2D eigenvalue weighted by Gasteiger charge is 2.19. The molecule has 0 unspecified atom stereocenters.